The fraction of sp³-hybridized carbons (Fsp3) is 0.846. The second-order valence-electron chi connectivity index (χ2n) is 4.96. The van der Waals surface area contributed by atoms with Crippen molar-refractivity contribution in [3.05, 3.63) is 0 Å². The third-order valence-corrected chi connectivity index (χ3v) is 3.96. The van der Waals surface area contributed by atoms with Gasteiger partial charge < -0.3 is 10.6 Å². The van der Waals surface area contributed by atoms with Crippen LogP contribution in [0.2, 0.25) is 0 Å². The zero-order chi connectivity index (χ0) is 10.7. The van der Waals surface area contributed by atoms with Crippen LogP contribution in [-0.4, -0.2) is 30.6 Å². The molecule has 3 unspecified atom stereocenters. The van der Waals surface area contributed by atoms with E-state index in [1.54, 1.807) is 0 Å². The molecule has 2 nitrogen and oxygen atoms in total. The maximum atomic E-state index is 6.18. The number of rotatable bonds is 2. The normalized spacial score (nSPS) is 35.7. The van der Waals surface area contributed by atoms with Crippen LogP contribution in [0.4, 0.5) is 0 Å². The van der Waals surface area contributed by atoms with E-state index in [1.807, 2.05) is 6.92 Å². The van der Waals surface area contributed by atoms with Crippen molar-refractivity contribution in [2.75, 3.05) is 19.6 Å². The van der Waals surface area contributed by atoms with Crippen LogP contribution in [0.15, 0.2) is 0 Å². The minimum atomic E-state index is 0.464. The SMILES string of the molecule is CC#CCCN1CC2CCCC(N)C2C1. The molecule has 3 atom stereocenters. The van der Waals surface area contributed by atoms with Gasteiger partial charge >= 0.3 is 0 Å². The third-order valence-electron chi connectivity index (χ3n) is 3.96. The summed E-state index contributed by atoms with van der Waals surface area (Å²) in [6.45, 7) is 5.54. The van der Waals surface area contributed by atoms with Crippen molar-refractivity contribution >= 4 is 0 Å². The van der Waals surface area contributed by atoms with Gasteiger partial charge in [0.05, 0.1) is 0 Å². The van der Waals surface area contributed by atoms with Gasteiger partial charge in [0.15, 0.2) is 0 Å². The van der Waals surface area contributed by atoms with Gasteiger partial charge in [-0.3, -0.25) is 0 Å². The summed E-state index contributed by atoms with van der Waals surface area (Å²) in [6, 6.07) is 0.464. The number of nitrogens with zero attached hydrogens (tertiary/aromatic N) is 1. The van der Waals surface area contributed by atoms with E-state index in [1.165, 1.54) is 32.4 Å². The lowest BCUT2D eigenvalue weighted by Gasteiger charge is -2.29. The highest BCUT2D eigenvalue weighted by molar-refractivity contribution is 4.98. The molecule has 0 bridgehead atoms. The lowest BCUT2D eigenvalue weighted by Crippen LogP contribution is -2.38. The molecule has 0 spiro atoms. The summed E-state index contributed by atoms with van der Waals surface area (Å²) in [4.78, 5) is 2.56. The molecule has 2 aliphatic rings. The van der Waals surface area contributed by atoms with Crippen LogP contribution in [0.25, 0.3) is 0 Å². The minimum absolute atomic E-state index is 0.464. The van der Waals surface area contributed by atoms with Gasteiger partial charge in [0.1, 0.15) is 0 Å². The van der Waals surface area contributed by atoms with Gasteiger partial charge in [-0.05, 0) is 31.6 Å². The number of nitrogens with two attached hydrogens (primary N) is 1. The summed E-state index contributed by atoms with van der Waals surface area (Å²) in [7, 11) is 0. The van der Waals surface area contributed by atoms with Gasteiger partial charge in [-0.2, -0.15) is 0 Å². The average Bonchev–Trinajstić information content (AvgIpc) is 2.63. The predicted octanol–water partition coefficient (Wildman–Crippen LogP) is 1.46. The van der Waals surface area contributed by atoms with Crippen LogP contribution in [0, 0.1) is 23.7 Å². The molecule has 0 aromatic heterocycles. The van der Waals surface area contributed by atoms with Gasteiger partial charge in [-0.25, -0.2) is 0 Å². The summed E-state index contributed by atoms with van der Waals surface area (Å²) in [5, 5.41) is 0. The van der Waals surface area contributed by atoms with E-state index >= 15 is 0 Å². The van der Waals surface area contributed by atoms with E-state index in [2.05, 4.69) is 16.7 Å². The van der Waals surface area contributed by atoms with E-state index in [0.717, 1.165) is 24.8 Å². The Labute approximate surface area is 93.2 Å². The standard InChI is InChI=1S/C13H22N2/c1-2-3-4-8-15-9-11-6-5-7-13(14)12(11)10-15/h11-13H,4-10,14H2,1H3. The molecule has 2 fully saturated rings. The molecule has 0 amide bonds. The third kappa shape index (κ3) is 2.53. The first-order valence-electron chi connectivity index (χ1n) is 6.19. The fourth-order valence-electron chi connectivity index (χ4n) is 3.13. The second-order valence-corrected chi connectivity index (χ2v) is 4.96. The number of fused-ring (bicyclic) bond motifs is 1. The quantitative estimate of drug-likeness (QED) is 0.693. The average molecular weight is 206 g/mol. The Hall–Kier alpha value is -0.520. The number of hydrogen-bond acceptors (Lipinski definition) is 2. The Balaban J connectivity index is 1.83. The van der Waals surface area contributed by atoms with Crippen LogP contribution in [0.3, 0.4) is 0 Å². The van der Waals surface area contributed by atoms with Crippen LogP contribution >= 0.6 is 0 Å². The van der Waals surface area contributed by atoms with Crippen LogP contribution in [0.1, 0.15) is 32.6 Å². The van der Waals surface area contributed by atoms with Gasteiger partial charge in [-0.1, -0.05) is 6.42 Å². The molecule has 1 saturated heterocycles. The molecule has 1 aliphatic carbocycles. The van der Waals surface area contributed by atoms with Gasteiger partial charge in [-0.15, -0.1) is 11.8 Å². The maximum Gasteiger partial charge on any atom is 0.0216 e. The Morgan fingerprint density at radius 3 is 2.93 bits per heavy atom. The molecular weight excluding hydrogens is 184 g/mol. The van der Waals surface area contributed by atoms with Crippen LogP contribution in [0.5, 0.6) is 0 Å². The van der Waals surface area contributed by atoms with Gasteiger partial charge in [0.25, 0.3) is 0 Å². The molecule has 2 rings (SSSR count). The Bertz CT molecular complexity index is 263. The maximum absolute atomic E-state index is 6.18. The highest BCUT2D eigenvalue weighted by atomic mass is 15.2. The smallest absolute Gasteiger partial charge is 0.0216 e. The Morgan fingerprint density at radius 1 is 1.33 bits per heavy atom. The fourth-order valence-corrected chi connectivity index (χ4v) is 3.13. The monoisotopic (exact) mass is 206 g/mol. The van der Waals surface area contributed by atoms with E-state index in [0.29, 0.717) is 6.04 Å². The van der Waals surface area contributed by atoms with Crippen molar-refractivity contribution < 1.29 is 0 Å². The van der Waals surface area contributed by atoms with Crippen molar-refractivity contribution in [2.24, 2.45) is 17.6 Å². The zero-order valence-electron chi connectivity index (χ0n) is 9.71. The summed E-state index contributed by atoms with van der Waals surface area (Å²) < 4.78 is 0. The summed E-state index contributed by atoms with van der Waals surface area (Å²) in [6.07, 6.45) is 4.99. The molecule has 84 valence electrons. The highest BCUT2D eigenvalue weighted by Gasteiger charge is 2.38. The van der Waals surface area contributed by atoms with E-state index in [4.69, 9.17) is 5.73 Å². The van der Waals surface area contributed by atoms with Crippen LogP contribution < -0.4 is 5.73 Å². The molecule has 2 heteroatoms. The molecule has 2 N–H and O–H groups in total. The van der Waals surface area contributed by atoms with Crippen molar-refractivity contribution in [1.82, 2.24) is 4.90 Å². The van der Waals surface area contributed by atoms with E-state index in [9.17, 15) is 0 Å². The molecular formula is C13H22N2. The van der Waals surface area contributed by atoms with Crippen LogP contribution in [-0.2, 0) is 0 Å². The Morgan fingerprint density at radius 2 is 2.20 bits per heavy atom. The number of hydrogen-bond donors (Lipinski definition) is 1. The van der Waals surface area contributed by atoms with Crippen molar-refractivity contribution in [3.63, 3.8) is 0 Å². The number of likely N-dealkylation sites (tertiary alicyclic amines) is 1. The largest absolute Gasteiger partial charge is 0.327 e. The predicted molar refractivity (Wildman–Crippen MR) is 63.3 cm³/mol. The molecule has 0 radical (unpaired) electrons. The zero-order valence-corrected chi connectivity index (χ0v) is 9.71. The van der Waals surface area contributed by atoms with Crippen molar-refractivity contribution in [3.8, 4) is 11.8 Å². The molecule has 15 heavy (non-hydrogen) atoms. The highest BCUT2D eigenvalue weighted by Crippen LogP contribution is 2.35. The molecule has 1 aliphatic heterocycles. The molecule has 0 aromatic rings. The topological polar surface area (TPSA) is 29.3 Å². The molecule has 1 heterocycles. The molecule has 0 aromatic carbocycles. The van der Waals surface area contributed by atoms with Gasteiger partial charge in [0.2, 0.25) is 0 Å². The molecule has 1 saturated carbocycles. The van der Waals surface area contributed by atoms with Gasteiger partial charge in [0, 0.05) is 32.1 Å². The first-order chi connectivity index (χ1) is 7.31. The van der Waals surface area contributed by atoms with Crippen molar-refractivity contribution in [2.45, 2.75) is 38.6 Å². The first kappa shape index (κ1) is 11.0. The summed E-state index contributed by atoms with van der Waals surface area (Å²) >= 11 is 0. The van der Waals surface area contributed by atoms with E-state index < -0.39 is 0 Å². The first-order valence-corrected chi connectivity index (χ1v) is 6.19. The van der Waals surface area contributed by atoms with Crippen molar-refractivity contribution in [1.29, 1.82) is 0 Å². The van der Waals surface area contributed by atoms with E-state index in [-0.39, 0.29) is 0 Å². The second kappa shape index (κ2) is 5.01. The lowest BCUT2D eigenvalue weighted by molar-refractivity contribution is 0.259. The summed E-state index contributed by atoms with van der Waals surface area (Å²) in [5.74, 6) is 7.76. The lowest BCUT2D eigenvalue weighted by atomic mass is 9.78. The summed E-state index contributed by atoms with van der Waals surface area (Å²) in [5.41, 5.74) is 6.18. The Kier molecular flexibility index (Phi) is 3.66. The minimum Gasteiger partial charge on any atom is -0.327 e.